The number of hydrogen-bond acceptors (Lipinski definition) is 5. The summed E-state index contributed by atoms with van der Waals surface area (Å²) < 4.78 is 7.33. The van der Waals surface area contributed by atoms with Gasteiger partial charge in [-0.3, -0.25) is 14.5 Å². The molecule has 0 spiro atoms. The van der Waals surface area contributed by atoms with Crippen LogP contribution in [-0.2, 0) is 17.9 Å². The molecule has 2 aromatic heterocycles. The predicted molar refractivity (Wildman–Crippen MR) is 121 cm³/mol. The predicted octanol–water partition coefficient (Wildman–Crippen LogP) is 3.08. The number of carbonyl (C=O) groups excluding carboxylic acids is 1. The molecule has 1 aromatic carbocycles. The van der Waals surface area contributed by atoms with E-state index in [2.05, 4.69) is 4.98 Å². The molecule has 1 aliphatic heterocycles. The second-order valence-corrected chi connectivity index (χ2v) is 7.78. The molecular formula is C24H27N5O2. The Morgan fingerprint density at radius 1 is 1.10 bits per heavy atom. The van der Waals surface area contributed by atoms with Crippen LogP contribution in [-0.4, -0.2) is 64.8 Å². The number of amides is 1. The Labute approximate surface area is 182 Å². The van der Waals surface area contributed by atoms with Crippen LogP contribution in [0.3, 0.4) is 0 Å². The van der Waals surface area contributed by atoms with Crippen molar-refractivity contribution in [1.29, 1.82) is 0 Å². The van der Waals surface area contributed by atoms with E-state index in [1.165, 1.54) is 0 Å². The number of benzene rings is 1. The number of methoxy groups -OCH3 is 1. The van der Waals surface area contributed by atoms with Crippen LogP contribution in [0.15, 0.2) is 60.9 Å². The minimum Gasteiger partial charge on any atom is -0.497 e. The minimum absolute atomic E-state index is 0.0287. The Morgan fingerprint density at radius 2 is 1.84 bits per heavy atom. The summed E-state index contributed by atoms with van der Waals surface area (Å²) in [5.74, 6) is 0.834. The zero-order valence-electron chi connectivity index (χ0n) is 18.2. The number of rotatable bonds is 6. The van der Waals surface area contributed by atoms with Crippen LogP contribution in [0.4, 0.5) is 0 Å². The van der Waals surface area contributed by atoms with Gasteiger partial charge < -0.3 is 14.5 Å². The smallest absolute Gasteiger partial charge is 0.246 e. The third kappa shape index (κ3) is 4.51. The van der Waals surface area contributed by atoms with E-state index in [1.807, 2.05) is 71.1 Å². The maximum absolute atomic E-state index is 12.8. The minimum atomic E-state index is 0.0287. The standard InChI is InChI=1S/C24H27N5O2/c1-27(2)14-4-5-22(30)28-15-16-29-21(17-28)23(18-10-12-25-13-11-18)24(26-29)19-6-8-20(31-3)9-7-19/h4-13H,14-17H2,1-3H3/b5-4+. The van der Waals surface area contributed by atoms with Crippen molar-refractivity contribution in [3.8, 4) is 28.1 Å². The van der Waals surface area contributed by atoms with Gasteiger partial charge >= 0.3 is 0 Å². The summed E-state index contributed by atoms with van der Waals surface area (Å²) in [7, 11) is 5.62. The van der Waals surface area contributed by atoms with Gasteiger partial charge in [0.1, 0.15) is 11.4 Å². The molecular weight excluding hydrogens is 390 g/mol. The van der Waals surface area contributed by atoms with Crippen LogP contribution < -0.4 is 4.74 Å². The lowest BCUT2D eigenvalue weighted by atomic mass is 9.99. The van der Waals surface area contributed by atoms with Crippen molar-refractivity contribution in [2.45, 2.75) is 13.1 Å². The van der Waals surface area contributed by atoms with E-state index < -0.39 is 0 Å². The molecule has 0 radical (unpaired) electrons. The zero-order chi connectivity index (χ0) is 21.8. The monoisotopic (exact) mass is 417 g/mol. The maximum atomic E-state index is 12.8. The first kappa shape index (κ1) is 20.8. The van der Waals surface area contributed by atoms with E-state index in [1.54, 1.807) is 25.6 Å². The molecule has 7 nitrogen and oxygen atoms in total. The summed E-state index contributed by atoms with van der Waals surface area (Å²) >= 11 is 0. The summed E-state index contributed by atoms with van der Waals surface area (Å²) in [6.45, 7) is 2.56. The molecule has 0 saturated heterocycles. The molecule has 0 saturated carbocycles. The highest BCUT2D eigenvalue weighted by Crippen LogP contribution is 2.36. The average Bonchev–Trinajstić information content (AvgIpc) is 3.18. The highest BCUT2D eigenvalue weighted by molar-refractivity contribution is 5.88. The van der Waals surface area contributed by atoms with E-state index in [9.17, 15) is 4.79 Å². The van der Waals surface area contributed by atoms with Gasteiger partial charge in [0, 0.05) is 42.7 Å². The molecule has 1 amide bonds. The zero-order valence-corrected chi connectivity index (χ0v) is 18.2. The van der Waals surface area contributed by atoms with Gasteiger partial charge in [-0.05, 0) is 56.1 Å². The molecule has 0 bridgehead atoms. The molecule has 0 fully saturated rings. The van der Waals surface area contributed by atoms with Crippen LogP contribution in [0.5, 0.6) is 5.75 Å². The summed E-state index contributed by atoms with van der Waals surface area (Å²) in [6, 6.07) is 11.9. The van der Waals surface area contributed by atoms with Gasteiger partial charge in [0.05, 0.1) is 25.9 Å². The van der Waals surface area contributed by atoms with Crippen molar-refractivity contribution in [2.75, 3.05) is 34.3 Å². The van der Waals surface area contributed by atoms with Gasteiger partial charge in [0.15, 0.2) is 0 Å². The van der Waals surface area contributed by atoms with Gasteiger partial charge in [-0.15, -0.1) is 0 Å². The summed E-state index contributed by atoms with van der Waals surface area (Å²) in [4.78, 5) is 20.8. The molecule has 0 unspecified atom stereocenters. The molecule has 0 N–H and O–H groups in total. The first-order valence-electron chi connectivity index (χ1n) is 10.3. The van der Waals surface area contributed by atoms with Crippen LogP contribution in [0.25, 0.3) is 22.4 Å². The van der Waals surface area contributed by atoms with E-state index in [0.717, 1.165) is 40.4 Å². The second kappa shape index (κ2) is 9.14. The fourth-order valence-corrected chi connectivity index (χ4v) is 3.75. The van der Waals surface area contributed by atoms with Crippen LogP contribution in [0.1, 0.15) is 5.69 Å². The fourth-order valence-electron chi connectivity index (χ4n) is 3.75. The van der Waals surface area contributed by atoms with E-state index in [4.69, 9.17) is 9.84 Å². The Kier molecular flexibility index (Phi) is 6.13. The van der Waals surface area contributed by atoms with Gasteiger partial charge in [-0.2, -0.15) is 5.10 Å². The number of pyridine rings is 1. The van der Waals surface area contributed by atoms with Gasteiger partial charge in [0.25, 0.3) is 0 Å². The van der Waals surface area contributed by atoms with E-state index in [-0.39, 0.29) is 5.91 Å². The molecule has 0 aliphatic carbocycles. The largest absolute Gasteiger partial charge is 0.497 e. The third-order valence-electron chi connectivity index (χ3n) is 5.36. The third-order valence-corrected chi connectivity index (χ3v) is 5.36. The SMILES string of the molecule is COc1ccc(-c2nn3c(c2-c2ccncc2)CN(C(=O)/C=C/CN(C)C)CC3)cc1. The lowest BCUT2D eigenvalue weighted by molar-refractivity contribution is -0.127. The summed E-state index contributed by atoms with van der Waals surface area (Å²) in [5.41, 5.74) is 5.04. The number of nitrogens with zero attached hydrogens (tertiary/aromatic N) is 5. The van der Waals surface area contributed by atoms with Crippen molar-refractivity contribution in [1.82, 2.24) is 24.6 Å². The van der Waals surface area contributed by atoms with E-state index in [0.29, 0.717) is 19.6 Å². The Morgan fingerprint density at radius 3 is 2.52 bits per heavy atom. The van der Waals surface area contributed by atoms with Crippen molar-refractivity contribution in [2.24, 2.45) is 0 Å². The number of carbonyl (C=O) groups is 1. The fraction of sp³-hybridized carbons (Fsp3) is 0.292. The topological polar surface area (TPSA) is 63.5 Å². The van der Waals surface area contributed by atoms with Crippen molar-refractivity contribution in [3.63, 3.8) is 0 Å². The van der Waals surface area contributed by atoms with Gasteiger partial charge in [0.2, 0.25) is 5.91 Å². The average molecular weight is 418 g/mol. The number of hydrogen-bond donors (Lipinski definition) is 0. The normalized spacial score (nSPS) is 13.6. The van der Waals surface area contributed by atoms with Crippen molar-refractivity contribution in [3.05, 3.63) is 66.6 Å². The van der Waals surface area contributed by atoms with Crippen LogP contribution in [0.2, 0.25) is 0 Å². The molecule has 3 aromatic rings. The molecule has 1 aliphatic rings. The molecule has 4 rings (SSSR count). The maximum Gasteiger partial charge on any atom is 0.246 e. The lowest BCUT2D eigenvalue weighted by Gasteiger charge is -2.27. The molecule has 31 heavy (non-hydrogen) atoms. The lowest BCUT2D eigenvalue weighted by Crippen LogP contribution is -2.37. The van der Waals surface area contributed by atoms with Crippen molar-refractivity contribution >= 4 is 5.91 Å². The number of fused-ring (bicyclic) bond motifs is 1. The Hall–Kier alpha value is -3.45. The molecule has 3 heterocycles. The first-order chi connectivity index (χ1) is 15.1. The van der Waals surface area contributed by atoms with Crippen LogP contribution in [0, 0.1) is 0 Å². The second-order valence-electron chi connectivity index (χ2n) is 7.78. The first-order valence-corrected chi connectivity index (χ1v) is 10.3. The number of aromatic nitrogens is 3. The highest BCUT2D eigenvalue weighted by Gasteiger charge is 2.27. The quantitative estimate of drug-likeness (QED) is 0.577. The van der Waals surface area contributed by atoms with E-state index >= 15 is 0 Å². The van der Waals surface area contributed by atoms with Crippen LogP contribution >= 0.6 is 0 Å². The molecule has 0 atom stereocenters. The number of ether oxygens (including phenoxy) is 1. The Bertz CT molecular complexity index is 1070. The highest BCUT2D eigenvalue weighted by atomic mass is 16.5. The van der Waals surface area contributed by atoms with Gasteiger partial charge in [-0.1, -0.05) is 6.08 Å². The molecule has 160 valence electrons. The molecule has 7 heteroatoms. The number of likely N-dealkylation sites (N-methyl/N-ethyl adjacent to an activating group) is 1. The van der Waals surface area contributed by atoms with Gasteiger partial charge in [-0.25, -0.2) is 0 Å². The summed E-state index contributed by atoms with van der Waals surface area (Å²) in [6.07, 6.45) is 7.14. The Balaban J connectivity index is 1.71. The summed E-state index contributed by atoms with van der Waals surface area (Å²) in [5, 5.41) is 4.92. The van der Waals surface area contributed by atoms with Crippen molar-refractivity contribution < 1.29 is 9.53 Å².